The monoisotopic (exact) mass is 291 g/mol. The quantitative estimate of drug-likeness (QED) is 0.378. The third-order valence-corrected chi connectivity index (χ3v) is 2.24. The lowest BCUT2D eigenvalue weighted by Crippen LogP contribution is -2.32. The minimum absolute atomic E-state index is 0.287. The lowest BCUT2D eigenvalue weighted by atomic mass is 10.2. The van der Waals surface area contributed by atoms with Gasteiger partial charge < -0.3 is 10.1 Å². The molecule has 1 aromatic carbocycles. The fourth-order valence-electron chi connectivity index (χ4n) is 1.31. The number of carbonyl (C=O) groups is 3. The van der Waals surface area contributed by atoms with E-state index < -0.39 is 17.8 Å². The van der Waals surface area contributed by atoms with Crippen LogP contribution in [0.4, 0.5) is 5.69 Å². The van der Waals surface area contributed by atoms with Gasteiger partial charge in [0, 0.05) is 11.4 Å². The standard InChI is InChI=1S/C14H17N3O4/c1-4-21-14(20)10-5-7-11(8-6-10)15-12(18)13(19)17-16-9(2)3/h5-8H,4H2,1-3H3,(H,15,18)(H,17,19). The highest BCUT2D eigenvalue weighted by Gasteiger charge is 2.13. The molecule has 1 aromatic rings. The van der Waals surface area contributed by atoms with E-state index in [2.05, 4.69) is 15.8 Å². The molecule has 21 heavy (non-hydrogen) atoms. The predicted octanol–water partition coefficient (Wildman–Crippen LogP) is 1.31. The Hall–Kier alpha value is -2.70. The van der Waals surface area contributed by atoms with Gasteiger partial charge in [-0.15, -0.1) is 0 Å². The fraction of sp³-hybridized carbons (Fsp3) is 0.286. The molecule has 112 valence electrons. The molecular weight excluding hydrogens is 274 g/mol. The Morgan fingerprint density at radius 2 is 1.71 bits per heavy atom. The van der Waals surface area contributed by atoms with E-state index in [0.29, 0.717) is 17.0 Å². The molecule has 0 aliphatic carbocycles. The summed E-state index contributed by atoms with van der Waals surface area (Å²) < 4.78 is 4.84. The van der Waals surface area contributed by atoms with Gasteiger partial charge in [0.05, 0.1) is 12.2 Å². The third kappa shape index (κ3) is 5.43. The number of carbonyl (C=O) groups excluding carboxylic acids is 3. The van der Waals surface area contributed by atoms with Crippen LogP contribution in [0.3, 0.4) is 0 Å². The van der Waals surface area contributed by atoms with Gasteiger partial charge in [0.2, 0.25) is 0 Å². The summed E-state index contributed by atoms with van der Waals surface area (Å²) in [6.45, 7) is 5.37. The van der Waals surface area contributed by atoms with Gasteiger partial charge in [-0.25, -0.2) is 10.2 Å². The van der Waals surface area contributed by atoms with Crippen molar-refractivity contribution >= 4 is 29.2 Å². The number of amides is 2. The summed E-state index contributed by atoms with van der Waals surface area (Å²) in [4.78, 5) is 34.4. The molecular formula is C14H17N3O4. The normalized spacial score (nSPS) is 9.48. The predicted molar refractivity (Wildman–Crippen MR) is 78.0 cm³/mol. The van der Waals surface area contributed by atoms with Crippen LogP contribution in [0.5, 0.6) is 0 Å². The molecule has 0 unspecified atom stereocenters. The molecule has 1 rings (SSSR count). The van der Waals surface area contributed by atoms with E-state index >= 15 is 0 Å². The smallest absolute Gasteiger partial charge is 0.338 e. The minimum atomic E-state index is -0.870. The van der Waals surface area contributed by atoms with Crippen LogP contribution < -0.4 is 10.7 Å². The molecule has 0 saturated carbocycles. The molecule has 2 amide bonds. The van der Waals surface area contributed by atoms with Gasteiger partial charge in [-0.05, 0) is 45.0 Å². The van der Waals surface area contributed by atoms with Crippen molar-refractivity contribution in [3.8, 4) is 0 Å². The highest BCUT2D eigenvalue weighted by atomic mass is 16.5. The third-order valence-electron chi connectivity index (χ3n) is 2.24. The van der Waals surface area contributed by atoms with E-state index in [1.54, 1.807) is 20.8 Å². The molecule has 0 bridgehead atoms. The molecule has 0 saturated heterocycles. The van der Waals surface area contributed by atoms with Crippen molar-refractivity contribution in [2.45, 2.75) is 20.8 Å². The summed E-state index contributed by atoms with van der Waals surface area (Å²) in [6, 6.07) is 6.01. The largest absolute Gasteiger partial charge is 0.462 e. The summed E-state index contributed by atoms with van der Waals surface area (Å²) in [6.07, 6.45) is 0. The van der Waals surface area contributed by atoms with Crippen LogP contribution >= 0.6 is 0 Å². The van der Waals surface area contributed by atoms with E-state index in [1.165, 1.54) is 24.3 Å². The molecule has 0 radical (unpaired) electrons. The highest BCUT2D eigenvalue weighted by molar-refractivity contribution is 6.39. The molecule has 0 heterocycles. The van der Waals surface area contributed by atoms with Gasteiger partial charge >= 0.3 is 17.8 Å². The summed E-state index contributed by atoms with van der Waals surface area (Å²) in [5, 5.41) is 6.03. The van der Waals surface area contributed by atoms with E-state index in [0.717, 1.165) is 0 Å². The van der Waals surface area contributed by atoms with Gasteiger partial charge in [-0.1, -0.05) is 0 Å². The Bertz CT molecular complexity index is 560. The molecule has 0 aromatic heterocycles. The molecule has 2 N–H and O–H groups in total. The first-order valence-corrected chi connectivity index (χ1v) is 6.33. The minimum Gasteiger partial charge on any atom is -0.462 e. The van der Waals surface area contributed by atoms with Crippen LogP contribution in [-0.2, 0) is 14.3 Å². The van der Waals surface area contributed by atoms with Gasteiger partial charge in [-0.2, -0.15) is 5.10 Å². The van der Waals surface area contributed by atoms with Crippen molar-refractivity contribution in [2.24, 2.45) is 5.10 Å². The number of esters is 1. The number of ether oxygens (including phenoxy) is 1. The number of hydrazone groups is 1. The molecule has 7 nitrogen and oxygen atoms in total. The van der Waals surface area contributed by atoms with Crippen molar-refractivity contribution in [3.63, 3.8) is 0 Å². The van der Waals surface area contributed by atoms with E-state index in [9.17, 15) is 14.4 Å². The second kappa shape index (κ2) is 7.78. The van der Waals surface area contributed by atoms with Crippen molar-refractivity contribution in [1.29, 1.82) is 0 Å². The SMILES string of the molecule is CCOC(=O)c1ccc(NC(=O)C(=O)NN=C(C)C)cc1. The first-order chi connectivity index (χ1) is 9.93. The zero-order valence-electron chi connectivity index (χ0n) is 12.1. The Morgan fingerprint density at radius 1 is 1.10 bits per heavy atom. The number of nitrogens with zero attached hydrogens (tertiary/aromatic N) is 1. The van der Waals surface area contributed by atoms with Crippen LogP contribution in [-0.4, -0.2) is 30.1 Å². The topological polar surface area (TPSA) is 96.9 Å². The molecule has 7 heteroatoms. The second-order valence-electron chi connectivity index (χ2n) is 4.25. The molecule has 0 spiro atoms. The van der Waals surface area contributed by atoms with Crippen LogP contribution in [0, 0.1) is 0 Å². The Morgan fingerprint density at radius 3 is 2.24 bits per heavy atom. The number of benzene rings is 1. The maximum atomic E-state index is 11.6. The fourth-order valence-corrected chi connectivity index (χ4v) is 1.31. The van der Waals surface area contributed by atoms with E-state index in [1.807, 2.05) is 0 Å². The van der Waals surface area contributed by atoms with Crippen molar-refractivity contribution in [1.82, 2.24) is 5.43 Å². The summed E-state index contributed by atoms with van der Waals surface area (Å²) in [5.41, 5.74) is 3.49. The van der Waals surface area contributed by atoms with E-state index in [4.69, 9.17) is 4.74 Å². The second-order valence-corrected chi connectivity index (χ2v) is 4.25. The first kappa shape index (κ1) is 16.4. The van der Waals surface area contributed by atoms with Crippen LogP contribution in [0.25, 0.3) is 0 Å². The lowest BCUT2D eigenvalue weighted by molar-refractivity contribution is -0.136. The number of anilines is 1. The van der Waals surface area contributed by atoms with Crippen LogP contribution in [0.2, 0.25) is 0 Å². The molecule has 0 fully saturated rings. The number of hydrogen-bond donors (Lipinski definition) is 2. The Kier molecular flexibility index (Phi) is 6.06. The molecule has 0 atom stereocenters. The van der Waals surface area contributed by atoms with Gasteiger partial charge in [0.15, 0.2) is 0 Å². The van der Waals surface area contributed by atoms with Crippen molar-refractivity contribution in [3.05, 3.63) is 29.8 Å². The van der Waals surface area contributed by atoms with Crippen molar-refractivity contribution < 1.29 is 19.1 Å². The zero-order chi connectivity index (χ0) is 15.8. The lowest BCUT2D eigenvalue weighted by Gasteiger charge is -2.05. The zero-order valence-corrected chi connectivity index (χ0v) is 12.1. The maximum Gasteiger partial charge on any atom is 0.338 e. The van der Waals surface area contributed by atoms with Crippen LogP contribution in [0.15, 0.2) is 29.4 Å². The van der Waals surface area contributed by atoms with Crippen LogP contribution in [0.1, 0.15) is 31.1 Å². The van der Waals surface area contributed by atoms with Crippen molar-refractivity contribution in [2.75, 3.05) is 11.9 Å². The molecule has 0 aliphatic rings. The number of rotatable bonds is 4. The van der Waals surface area contributed by atoms with Gasteiger partial charge in [-0.3, -0.25) is 9.59 Å². The average molecular weight is 291 g/mol. The number of hydrogen-bond acceptors (Lipinski definition) is 5. The maximum absolute atomic E-state index is 11.6. The first-order valence-electron chi connectivity index (χ1n) is 6.33. The number of nitrogens with one attached hydrogen (secondary N) is 2. The van der Waals surface area contributed by atoms with Gasteiger partial charge in [0.25, 0.3) is 0 Å². The highest BCUT2D eigenvalue weighted by Crippen LogP contribution is 2.10. The summed E-state index contributed by atoms with van der Waals surface area (Å²) in [7, 11) is 0. The average Bonchev–Trinajstić information content (AvgIpc) is 2.45. The van der Waals surface area contributed by atoms with Gasteiger partial charge in [0.1, 0.15) is 0 Å². The summed E-state index contributed by atoms with van der Waals surface area (Å²) in [5.74, 6) is -2.16. The molecule has 0 aliphatic heterocycles. The van der Waals surface area contributed by atoms with E-state index in [-0.39, 0.29) is 6.61 Å². The Labute approximate surface area is 122 Å². The summed E-state index contributed by atoms with van der Waals surface area (Å²) >= 11 is 0. The Balaban J connectivity index is 2.63.